The second-order valence-corrected chi connectivity index (χ2v) is 4.51. The lowest BCUT2D eigenvalue weighted by Crippen LogP contribution is -2.05. The van der Waals surface area contributed by atoms with E-state index in [2.05, 4.69) is 20.8 Å². The largest absolute Gasteiger partial charge is 0.204 e. The molecule has 0 bridgehead atoms. The van der Waals surface area contributed by atoms with Crippen molar-refractivity contribution < 1.29 is 8.78 Å². The van der Waals surface area contributed by atoms with Crippen LogP contribution in [0.4, 0.5) is 8.78 Å². The first-order chi connectivity index (χ1) is 7.00. The number of hydrogen-bond donors (Lipinski definition) is 0. The van der Waals surface area contributed by atoms with E-state index in [4.69, 9.17) is 0 Å². The summed E-state index contributed by atoms with van der Waals surface area (Å²) in [5, 5.41) is 0. The molecule has 0 spiro atoms. The zero-order valence-corrected chi connectivity index (χ0v) is 9.56. The van der Waals surface area contributed by atoms with Gasteiger partial charge in [-0.05, 0) is 42.4 Å². The van der Waals surface area contributed by atoms with Crippen LogP contribution in [0.2, 0.25) is 0 Å². The topological polar surface area (TPSA) is 0 Å². The molecule has 0 radical (unpaired) electrons. The van der Waals surface area contributed by atoms with Crippen LogP contribution in [0, 0.1) is 23.5 Å². The minimum atomic E-state index is -0.768. The van der Waals surface area contributed by atoms with Crippen molar-refractivity contribution in [1.82, 2.24) is 0 Å². The summed E-state index contributed by atoms with van der Waals surface area (Å²) < 4.78 is 25.5. The molecule has 1 aromatic rings. The maximum atomic E-state index is 12.9. The van der Waals surface area contributed by atoms with Gasteiger partial charge in [0.05, 0.1) is 0 Å². The zero-order chi connectivity index (χ0) is 11.4. The van der Waals surface area contributed by atoms with Gasteiger partial charge in [0.1, 0.15) is 0 Å². The van der Waals surface area contributed by atoms with Gasteiger partial charge in [0.15, 0.2) is 11.6 Å². The molecule has 1 unspecified atom stereocenters. The second kappa shape index (κ2) is 5.24. The normalized spacial score (nSPS) is 13.2. The number of aryl methyl sites for hydroxylation is 1. The highest BCUT2D eigenvalue weighted by Crippen LogP contribution is 2.18. The number of rotatable bonds is 4. The van der Waals surface area contributed by atoms with Crippen molar-refractivity contribution in [3.05, 3.63) is 35.4 Å². The van der Waals surface area contributed by atoms with E-state index >= 15 is 0 Å². The van der Waals surface area contributed by atoms with E-state index in [1.807, 2.05) is 0 Å². The van der Waals surface area contributed by atoms with E-state index < -0.39 is 11.6 Å². The third-order valence-corrected chi connectivity index (χ3v) is 3.01. The molecule has 0 heterocycles. The lowest BCUT2D eigenvalue weighted by Gasteiger charge is -2.14. The van der Waals surface area contributed by atoms with Gasteiger partial charge in [-0.2, -0.15) is 0 Å². The van der Waals surface area contributed by atoms with Crippen molar-refractivity contribution >= 4 is 0 Å². The van der Waals surface area contributed by atoms with Crippen LogP contribution >= 0.6 is 0 Å². The van der Waals surface area contributed by atoms with Crippen molar-refractivity contribution in [1.29, 1.82) is 0 Å². The Hall–Kier alpha value is -0.920. The predicted octanol–water partition coefficient (Wildman–Crippen LogP) is 4.19. The molecule has 1 aromatic carbocycles. The van der Waals surface area contributed by atoms with E-state index in [9.17, 15) is 8.78 Å². The van der Waals surface area contributed by atoms with Crippen LogP contribution in [-0.2, 0) is 6.42 Å². The Morgan fingerprint density at radius 2 is 1.73 bits per heavy atom. The van der Waals surface area contributed by atoms with E-state index in [0.29, 0.717) is 11.8 Å². The van der Waals surface area contributed by atoms with E-state index in [-0.39, 0.29) is 0 Å². The molecule has 0 saturated heterocycles. The molecule has 15 heavy (non-hydrogen) atoms. The first-order valence-corrected chi connectivity index (χ1v) is 5.44. The van der Waals surface area contributed by atoms with Gasteiger partial charge in [0.2, 0.25) is 0 Å². The first-order valence-electron chi connectivity index (χ1n) is 5.44. The first kappa shape index (κ1) is 12.2. The SMILES string of the molecule is CC(C)C(C)CCc1ccc(F)c(F)c1. The monoisotopic (exact) mass is 212 g/mol. The molecule has 0 N–H and O–H groups in total. The average molecular weight is 212 g/mol. The quantitative estimate of drug-likeness (QED) is 0.702. The van der Waals surface area contributed by atoms with Crippen molar-refractivity contribution in [2.75, 3.05) is 0 Å². The highest BCUT2D eigenvalue weighted by atomic mass is 19.2. The summed E-state index contributed by atoms with van der Waals surface area (Å²) in [5.41, 5.74) is 0.876. The minimum Gasteiger partial charge on any atom is -0.204 e. The molecule has 0 aromatic heterocycles. The van der Waals surface area contributed by atoms with Gasteiger partial charge >= 0.3 is 0 Å². The Bertz CT molecular complexity index is 318. The lowest BCUT2D eigenvalue weighted by atomic mass is 9.91. The molecule has 0 fully saturated rings. The molecule has 0 amide bonds. The molecule has 0 aliphatic rings. The Balaban J connectivity index is 2.55. The fraction of sp³-hybridized carbons (Fsp3) is 0.538. The fourth-order valence-electron chi connectivity index (χ4n) is 1.42. The maximum Gasteiger partial charge on any atom is 0.159 e. The van der Waals surface area contributed by atoms with E-state index in [1.54, 1.807) is 6.07 Å². The Morgan fingerprint density at radius 3 is 2.27 bits per heavy atom. The smallest absolute Gasteiger partial charge is 0.159 e. The second-order valence-electron chi connectivity index (χ2n) is 4.51. The van der Waals surface area contributed by atoms with E-state index in [1.165, 1.54) is 12.1 Å². The summed E-state index contributed by atoms with van der Waals surface area (Å²) in [7, 11) is 0. The highest BCUT2D eigenvalue weighted by Gasteiger charge is 2.08. The van der Waals surface area contributed by atoms with Gasteiger partial charge < -0.3 is 0 Å². The summed E-state index contributed by atoms with van der Waals surface area (Å²) in [6.07, 6.45) is 1.83. The number of hydrogen-bond acceptors (Lipinski definition) is 0. The van der Waals surface area contributed by atoms with Crippen LogP contribution in [0.5, 0.6) is 0 Å². The minimum absolute atomic E-state index is 0.609. The molecular formula is C13H18F2. The van der Waals surface area contributed by atoms with Crippen LogP contribution in [0.15, 0.2) is 18.2 Å². The summed E-state index contributed by atoms with van der Waals surface area (Å²) >= 11 is 0. The van der Waals surface area contributed by atoms with Crippen LogP contribution in [-0.4, -0.2) is 0 Å². The fourth-order valence-corrected chi connectivity index (χ4v) is 1.42. The zero-order valence-electron chi connectivity index (χ0n) is 9.56. The van der Waals surface area contributed by atoms with Crippen molar-refractivity contribution in [3.63, 3.8) is 0 Å². The van der Waals surface area contributed by atoms with Gasteiger partial charge in [-0.3, -0.25) is 0 Å². The van der Waals surface area contributed by atoms with E-state index in [0.717, 1.165) is 18.4 Å². The molecule has 0 nitrogen and oxygen atoms in total. The van der Waals surface area contributed by atoms with Crippen LogP contribution in [0.25, 0.3) is 0 Å². The average Bonchev–Trinajstić information content (AvgIpc) is 2.19. The Kier molecular flexibility index (Phi) is 4.25. The van der Waals surface area contributed by atoms with Crippen LogP contribution in [0.1, 0.15) is 32.8 Å². The number of halogens is 2. The van der Waals surface area contributed by atoms with Crippen LogP contribution < -0.4 is 0 Å². The van der Waals surface area contributed by atoms with Crippen molar-refractivity contribution in [2.45, 2.75) is 33.6 Å². The molecule has 1 rings (SSSR count). The molecule has 2 heteroatoms. The van der Waals surface area contributed by atoms with Crippen molar-refractivity contribution in [2.24, 2.45) is 11.8 Å². The summed E-state index contributed by atoms with van der Waals surface area (Å²) in [6, 6.07) is 4.15. The van der Waals surface area contributed by atoms with Gasteiger partial charge in [0.25, 0.3) is 0 Å². The standard InChI is InChI=1S/C13H18F2/c1-9(2)10(3)4-5-11-6-7-12(14)13(15)8-11/h6-10H,4-5H2,1-3H3. The van der Waals surface area contributed by atoms with Gasteiger partial charge in [-0.25, -0.2) is 8.78 Å². The summed E-state index contributed by atoms with van der Waals surface area (Å²) in [5.74, 6) is -0.270. The summed E-state index contributed by atoms with van der Waals surface area (Å²) in [4.78, 5) is 0. The maximum absolute atomic E-state index is 12.9. The summed E-state index contributed by atoms with van der Waals surface area (Å²) in [6.45, 7) is 6.54. The Morgan fingerprint density at radius 1 is 1.07 bits per heavy atom. The molecular weight excluding hydrogens is 194 g/mol. The van der Waals surface area contributed by atoms with Gasteiger partial charge in [0, 0.05) is 0 Å². The Labute approximate surface area is 90.3 Å². The molecule has 0 aliphatic carbocycles. The van der Waals surface area contributed by atoms with Gasteiger partial charge in [-0.15, -0.1) is 0 Å². The molecule has 1 atom stereocenters. The molecule has 0 saturated carbocycles. The van der Waals surface area contributed by atoms with Gasteiger partial charge in [-0.1, -0.05) is 26.8 Å². The third-order valence-electron chi connectivity index (χ3n) is 3.01. The lowest BCUT2D eigenvalue weighted by molar-refractivity contribution is 0.392. The highest BCUT2D eigenvalue weighted by molar-refractivity contribution is 5.17. The predicted molar refractivity (Wildman–Crippen MR) is 58.7 cm³/mol. The molecule has 0 aliphatic heterocycles. The third kappa shape index (κ3) is 3.61. The van der Waals surface area contributed by atoms with Crippen LogP contribution in [0.3, 0.4) is 0 Å². The van der Waals surface area contributed by atoms with Crippen molar-refractivity contribution in [3.8, 4) is 0 Å². The number of benzene rings is 1. The molecule has 84 valence electrons.